The van der Waals surface area contributed by atoms with Crippen molar-refractivity contribution in [1.82, 2.24) is 14.5 Å². The van der Waals surface area contributed by atoms with Gasteiger partial charge in [-0.2, -0.15) is 0 Å². The Labute approximate surface area is 194 Å². The van der Waals surface area contributed by atoms with E-state index in [1.807, 2.05) is 29.2 Å². The Morgan fingerprint density at radius 3 is 2.31 bits per heavy atom. The molecule has 3 aromatic rings. The third-order valence-electron chi connectivity index (χ3n) is 6.64. The summed E-state index contributed by atoms with van der Waals surface area (Å²) < 4.78 is 2.30. The van der Waals surface area contributed by atoms with Crippen molar-refractivity contribution in [1.29, 1.82) is 0 Å². The molecule has 1 amide bonds. The fraction of sp³-hybridized carbons (Fsp3) is 0.385. The average Bonchev–Trinajstić information content (AvgIpc) is 3.00. The summed E-state index contributed by atoms with van der Waals surface area (Å²) in [6.45, 7) is 6.06. The molecule has 1 saturated heterocycles. The van der Waals surface area contributed by atoms with E-state index >= 15 is 0 Å². The first kappa shape index (κ1) is 21.1. The average molecular weight is 449 g/mol. The molecular formula is C26H29ClN4O. The minimum Gasteiger partial charge on any atom is -0.368 e. The number of hydrogen-bond donors (Lipinski definition) is 0. The second-order valence-electron chi connectivity index (χ2n) is 8.81. The zero-order chi connectivity index (χ0) is 22.1. The number of amides is 1. The number of carbonyl (C=O) groups excluding carboxylic acids is 1. The predicted octanol–water partition coefficient (Wildman–Crippen LogP) is 5.20. The van der Waals surface area contributed by atoms with E-state index in [0.29, 0.717) is 18.8 Å². The molecule has 6 heteroatoms. The smallest absolute Gasteiger partial charge is 0.274 e. The van der Waals surface area contributed by atoms with E-state index in [1.54, 1.807) is 0 Å². The topological polar surface area (TPSA) is 41.4 Å². The second kappa shape index (κ2) is 8.99. The van der Waals surface area contributed by atoms with Crippen LogP contribution in [0.1, 0.15) is 41.0 Å². The first-order valence-electron chi connectivity index (χ1n) is 11.6. The molecular weight excluding hydrogens is 420 g/mol. The molecule has 0 atom stereocenters. The van der Waals surface area contributed by atoms with Gasteiger partial charge < -0.3 is 14.4 Å². The summed E-state index contributed by atoms with van der Waals surface area (Å²) in [7, 11) is 0. The number of carbonyl (C=O) groups is 1. The maximum atomic E-state index is 13.6. The van der Waals surface area contributed by atoms with Crippen LogP contribution in [0.4, 0.5) is 5.69 Å². The van der Waals surface area contributed by atoms with Gasteiger partial charge in [0.15, 0.2) is 0 Å². The Morgan fingerprint density at radius 1 is 0.875 bits per heavy atom. The number of halogens is 1. The zero-order valence-electron chi connectivity index (χ0n) is 18.6. The lowest BCUT2D eigenvalue weighted by Crippen LogP contribution is -2.49. The number of imidazole rings is 1. The molecule has 0 radical (unpaired) electrons. The van der Waals surface area contributed by atoms with Gasteiger partial charge in [0.1, 0.15) is 11.5 Å². The van der Waals surface area contributed by atoms with Gasteiger partial charge in [0.05, 0.1) is 5.69 Å². The van der Waals surface area contributed by atoms with Gasteiger partial charge in [-0.1, -0.05) is 47.9 Å². The molecule has 2 aromatic carbocycles. The highest BCUT2D eigenvalue weighted by atomic mass is 35.5. The van der Waals surface area contributed by atoms with Crippen molar-refractivity contribution in [2.45, 2.75) is 39.2 Å². The standard InChI is InChI=1S/C26H29ClN4O/c1-19-6-8-20(9-7-19)25-28-24(23-5-3-2-4-14-31(23)25)26(32)30-17-15-29(16-18-30)22-12-10-21(27)11-13-22/h6-13H,2-5,14-18H2,1H3. The monoisotopic (exact) mass is 448 g/mol. The van der Waals surface area contributed by atoms with Crippen molar-refractivity contribution in [3.63, 3.8) is 0 Å². The summed E-state index contributed by atoms with van der Waals surface area (Å²) in [6.07, 6.45) is 4.37. The van der Waals surface area contributed by atoms with Gasteiger partial charge in [0.25, 0.3) is 5.91 Å². The third kappa shape index (κ3) is 4.14. The highest BCUT2D eigenvalue weighted by Crippen LogP contribution is 2.29. The van der Waals surface area contributed by atoms with Crippen molar-refractivity contribution < 1.29 is 4.79 Å². The number of hydrogen-bond acceptors (Lipinski definition) is 3. The van der Waals surface area contributed by atoms with Crippen molar-refractivity contribution >= 4 is 23.2 Å². The van der Waals surface area contributed by atoms with E-state index in [2.05, 4.69) is 40.7 Å². The summed E-state index contributed by atoms with van der Waals surface area (Å²) in [4.78, 5) is 22.8. The van der Waals surface area contributed by atoms with Gasteiger partial charge >= 0.3 is 0 Å². The normalized spacial score (nSPS) is 16.6. The van der Waals surface area contributed by atoms with E-state index in [9.17, 15) is 4.79 Å². The summed E-state index contributed by atoms with van der Waals surface area (Å²) in [5, 5.41) is 0.743. The molecule has 2 aliphatic heterocycles. The molecule has 1 aromatic heterocycles. The molecule has 0 spiro atoms. The first-order valence-corrected chi connectivity index (χ1v) is 11.9. The Balaban J connectivity index is 1.39. The zero-order valence-corrected chi connectivity index (χ0v) is 19.3. The first-order chi connectivity index (χ1) is 15.6. The summed E-state index contributed by atoms with van der Waals surface area (Å²) in [5.74, 6) is 1.01. The van der Waals surface area contributed by atoms with E-state index in [1.165, 1.54) is 12.0 Å². The Morgan fingerprint density at radius 2 is 1.59 bits per heavy atom. The third-order valence-corrected chi connectivity index (χ3v) is 6.89. The van der Waals surface area contributed by atoms with Crippen LogP contribution in [0.3, 0.4) is 0 Å². The van der Waals surface area contributed by atoms with E-state index < -0.39 is 0 Å². The lowest BCUT2D eigenvalue weighted by Gasteiger charge is -2.36. The maximum Gasteiger partial charge on any atom is 0.274 e. The van der Waals surface area contributed by atoms with Crippen LogP contribution in [0.15, 0.2) is 48.5 Å². The molecule has 1 fully saturated rings. The van der Waals surface area contributed by atoms with Gasteiger partial charge in [0, 0.05) is 49.0 Å². The van der Waals surface area contributed by atoms with E-state index in [0.717, 1.165) is 66.7 Å². The van der Waals surface area contributed by atoms with Crippen molar-refractivity contribution in [2.75, 3.05) is 31.1 Å². The second-order valence-corrected chi connectivity index (χ2v) is 9.25. The number of piperazine rings is 1. The van der Waals surface area contributed by atoms with E-state index in [4.69, 9.17) is 16.6 Å². The molecule has 0 saturated carbocycles. The van der Waals surface area contributed by atoms with Gasteiger partial charge in [-0.15, -0.1) is 0 Å². The van der Waals surface area contributed by atoms with Crippen LogP contribution in [0, 0.1) is 6.92 Å². The number of rotatable bonds is 3. The molecule has 0 aliphatic carbocycles. The lowest BCUT2D eigenvalue weighted by molar-refractivity contribution is 0.0740. The quantitative estimate of drug-likeness (QED) is 0.553. The van der Waals surface area contributed by atoms with Crippen molar-refractivity contribution in [2.24, 2.45) is 0 Å². The van der Waals surface area contributed by atoms with Gasteiger partial charge in [-0.3, -0.25) is 4.79 Å². The Hall–Kier alpha value is -2.79. The van der Waals surface area contributed by atoms with Crippen LogP contribution in [-0.2, 0) is 13.0 Å². The lowest BCUT2D eigenvalue weighted by atomic mass is 10.1. The van der Waals surface area contributed by atoms with Crippen LogP contribution < -0.4 is 4.90 Å². The molecule has 5 rings (SSSR count). The number of nitrogens with zero attached hydrogens (tertiary/aromatic N) is 4. The molecule has 2 aliphatic rings. The molecule has 32 heavy (non-hydrogen) atoms. The van der Waals surface area contributed by atoms with E-state index in [-0.39, 0.29) is 5.91 Å². The number of anilines is 1. The van der Waals surface area contributed by atoms with Gasteiger partial charge in [-0.05, 0) is 50.5 Å². The van der Waals surface area contributed by atoms with Crippen LogP contribution >= 0.6 is 11.6 Å². The van der Waals surface area contributed by atoms with Crippen LogP contribution in [0.5, 0.6) is 0 Å². The molecule has 0 N–H and O–H groups in total. The Bertz CT molecular complexity index is 1100. The molecule has 0 bridgehead atoms. The number of aromatic nitrogens is 2. The van der Waals surface area contributed by atoms with Crippen LogP contribution in [-0.4, -0.2) is 46.5 Å². The molecule has 5 nitrogen and oxygen atoms in total. The molecule has 3 heterocycles. The number of fused-ring (bicyclic) bond motifs is 1. The van der Waals surface area contributed by atoms with Gasteiger partial charge in [-0.25, -0.2) is 4.98 Å². The maximum absolute atomic E-state index is 13.6. The van der Waals surface area contributed by atoms with Crippen LogP contribution in [0.2, 0.25) is 5.02 Å². The Kier molecular flexibility index (Phi) is 5.92. The summed E-state index contributed by atoms with van der Waals surface area (Å²) >= 11 is 6.03. The number of aryl methyl sites for hydroxylation is 1. The molecule has 0 unspecified atom stereocenters. The predicted molar refractivity (Wildman–Crippen MR) is 130 cm³/mol. The van der Waals surface area contributed by atoms with Crippen LogP contribution in [0.25, 0.3) is 11.4 Å². The fourth-order valence-corrected chi connectivity index (χ4v) is 4.91. The highest BCUT2D eigenvalue weighted by Gasteiger charge is 2.29. The van der Waals surface area contributed by atoms with Crippen molar-refractivity contribution in [3.05, 3.63) is 70.5 Å². The van der Waals surface area contributed by atoms with Gasteiger partial charge in [0.2, 0.25) is 0 Å². The minimum absolute atomic E-state index is 0.0739. The summed E-state index contributed by atoms with van der Waals surface area (Å²) in [6, 6.07) is 16.4. The SMILES string of the molecule is Cc1ccc(-c2nc(C(=O)N3CCN(c4ccc(Cl)cc4)CC3)c3n2CCCCC3)cc1. The highest BCUT2D eigenvalue weighted by molar-refractivity contribution is 6.30. The minimum atomic E-state index is 0.0739. The number of benzene rings is 2. The fourth-order valence-electron chi connectivity index (χ4n) is 4.78. The molecule has 166 valence electrons. The van der Waals surface area contributed by atoms with Crippen molar-refractivity contribution in [3.8, 4) is 11.4 Å². The largest absolute Gasteiger partial charge is 0.368 e. The summed E-state index contributed by atoms with van der Waals surface area (Å²) in [5.41, 5.74) is 5.24.